The van der Waals surface area contributed by atoms with E-state index in [1.165, 1.54) is 14.0 Å². The first-order valence-corrected chi connectivity index (χ1v) is 21.5. The van der Waals surface area contributed by atoms with Crippen LogP contribution in [0.1, 0.15) is 101 Å². The predicted octanol–water partition coefficient (Wildman–Crippen LogP) is 0.501. The highest BCUT2D eigenvalue weighted by Gasteiger charge is 2.52. The van der Waals surface area contributed by atoms with Gasteiger partial charge in [-0.25, -0.2) is 0 Å². The van der Waals surface area contributed by atoms with Crippen LogP contribution in [0.2, 0.25) is 0 Å². The molecule has 340 valence electrons. The molecule has 3 saturated heterocycles. The van der Waals surface area contributed by atoms with Gasteiger partial charge >= 0.3 is 5.97 Å². The van der Waals surface area contributed by atoms with Gasteiger partial charge in [0.1, 0.15) is 30.0 Å². The lowest BCUT2D eigenvalue weighted by Crippen LogP contribution is -2.61. The second-order valence-electron chi connectivity index (χ2n) is 18.8. The third-order valence-electron chi connectivity index (χ3n) is 13.5. The molecule has 0 saturated carbocycles. The Hall–Kier alpha value is -1.81. The molecule has 0 aliphatic carbocycles. The summed E-state index contributed by atoms with van der Waals surface area (Å²) in [5, 5.41) is 67.3. The minimum absolute atomic E-state index is 0.117. The zero-order valence-corrected chi connectivity index (χ0v) is 38.0. The van der Waals surface area contributed by atoms with Crippen molar-refractivity contribution >= 4 is 14.0 Å². The molecule has 3 aliphatic heterocycles. The zero-order valence-electron chi connectivity index (χ0n) is 38.0. The number of hydrogen-bond acceptors (Lipinski definition) is 16. The fourth-order valence-corrected chi connectivity index (χ4v) is 9.63. The molecule has 0 spiro atoms. The van der Waals surface area contributed by atoms with Crippen molar-refractivity contribution in [2.24, 2.45) is 17.8 Å². The number of methoxy groups -OCH3 is 1. The van der Waals surface area contributed by atoms with Crippen LogP contribution in [-0.4, -0.2) is 189 Å². The number of cyclic esters (lactones) is 1. The van der Waals surface area contributed by atoms with Gasteiger partial charge in [0, 0.05) is 57.2 Å². The molecular weight excluding hydrogens is 765 g/mol. The van der Waals surface area contributed by atoms with Crippen molar-refractivity contribution in [1.82, 2.24) is 24.7 Å². The molecular formula is C41H76BN5O12. The topological polar surface area (TPSA) is 211 Å². The Morgan fingerprint density at radius 2 is 1.68 bits per heavy atom. The van der Waals surface area contributed by atoms with E-state index < -0.39 is 96.0 Å². The summed E-state index contributed by atoms with van der Waals surface area (Å²) in [6, 6.07) is -0.917. The number of aromatic nitrogens is 3. The number of rotatable bonds is 10. The largest absolute Gasteiger partial charge is 0.459 e. The quantitative estimate of drug-likeness (QED) is 0.161. The van der Waals surface area contributed by atoms with Crippen molar-refractivity contribution in [2.75, 3.05) is 34.3 Å². The maximum absolute atomic E-state index is 14.4. The fraction of sp³-hybridized carbons (Fsp3) is 0.927. The van der Waals surface area contributed by atoms with Crippen molar-refractivity contribution < 1.29 is 58.7 Å². The number of likely N-dealkylation sites (N-methyl/N-ethyl adjacent to an activating group) is 2. The molecule has 0 aromatic carbocycles. The second kappa shape index (κ2) is 20.1. The van der Waals surface area contributed by atoms with Gasteiger partial charge in [-0.05, 0) is 87.7 Å². The molecule has 1 aromatic heterocycles. The summed E-state index contributed by atoms with van der Waals surface area (Å²) in [5.41, 5.74) is -3.63. The van der Waals surface area contributed by atoms with Gasteiger partial charge in [0.15, 0.2) is 12.6 Å². The van der Waals surface area contributed by atoms with Gasteiger partial charge in [-0.3, -0.25) is 4.79 Å². The Kier molecular flexibility index (Phi) is 17.0. The molecule has 0 radical (unpaired) electrons. The fourth-order valence-electron chi connectivity index (χ4n) is 9.63. The van der Waals surface area contributed by atoms with Crippen LogP contribution in [0, 0.1) is 17.8 Å². The minimum atomic E-state index is -1.82. The van der Waals surface area contributed by atoms with Crippen LogP contribution >= 0.6 is 0 Å². The average molecular weight is 842 g/mol. The number of ether oxygens (including phenoxy) is 6. The lowest BCUT2D eigenvalue weighted by atomic mass is 9.77. The summed E-state index contributed by atoms with van der Waals surface area (Å²) in [6.45, 7) is 18.6. The van der Waals surface area contributed by atoms with Crippen molar-refractivity contribution in [1.29, 1.82) is 0 Å². The molecule has 4 rings (SSSR count). The van der Waals surface area contributed by atoms with Gasteiger partial charge < -0.3 is 68.3 Å². The van der Waals surface area contributed by atoms with Crippen LogP contribution < -0.4 is 0 Å². The molecule has 4 heterocycles. The highest BCUT2D eigenvalue weighted by molar-refractivity contribution is 6.05. The molecule has 5 N–H and O–H groups in total. The first-order valence-electron chi connectivity index (χ1n) is 21.5. The lowest BCUT2D eigenvalue weighted by Gasteiger charge is -2.49. The van der Waals surface area contributed by atoms with E-state index in [4.69, 9.17) is 28.4 Å². The Labute approximate surface area is 352 Å². The average Bonchev–Trinajstić information content (AvgIpc) is 3.59. The minimum Gasteiger partial charge on any atom is -0.459 e. The summed E-state index contributed by atoms with van der Waals surface area (Å²) in [6.07, 6.45) is -6.19. The summed E-state index contributed by atoms with van der Waals surface area (Å²) in [7, 11) is 7.10. The Morgan fingerprint density at radius 1 is 1.02 bits per heavy atom. The summed E-state index contributed by atoms with van der Waals surface area (Å²) in [5.74, 6) is -2.69. The van der Waals surface area contributed by atoms with E-state index in [0.717, 1.165) is 5.69 Å². The Balaban J connectivity index is 1.77. The van der Waals surface area contributed by atoms with E-state index in [9.17, 15) is 30.3 Å². The van der Waals surface area contributed by atoms with Crippen molar-refractivity contribution in [3.63, 3.8) is 0 Å². The highest BCUT2D eigenvalue weighted by Crippen LogP contribution is 2.40. The van der Waals surface area contributed by atoms with Gasteiger partial charge in [-0.15, -0.1) is 5.10 Å². The number of aliphatic hydroxyl groups excluding tert-OH is 3. The predicted molar refractivity (Wildman–Crippen MR) is 221 cm³/mol. The van der Waals surface area contributed by atoms with E-state index in [2.05, 4.69) is 15.2 Å². The molecule has 18 atom stereocenters. The van der Waals surface area contributed by atoms with Crippen molar-refractivity contribution in [2.45, 2.75) is 192 Å². The second-order valence-corrected chi connectivity index (χ2v) is 18.8. The number of esters is 1. The number of carbonyl (C=O) groups excluding carboxylic acids is 1. The number of aliphatic hydroxyl groups is 5. The first-order chi connectivity index (χ1) is 27.4. The lowest BCUT2D eigenvalue weighted by molar-refractivity contribution is -0.318. The van der Waals surface area contributed by atoms with Gasteiger partial charge in [-0.1, -0.05) is 26.0 Å². The van der Waals surface area contributed by atoms with Crippen LogP contribution in [0.5, 0.6) is 0 Å². The third-order valence-corrected chi connectivity index (χ3v) is 13.5. The molecule has 0 bridgehead atoms. The monoisotopic (exact) mass is 842 g/mol. The molecule has 0 amide bonds. The van der Waals surface area contributed by atoms with Gasteiger partial charge in [0.2, 0.25) is 0 Å². The molecule has 3 aliphatic rings. The first kappa shape index (κ1) is 49.8. The van der Waals surface area contributed by atoms with Crippen LogP contribution in [0.3, 0.4) is 0 Å². The van der Waals surface area contributed by atoms with Crippen LogP contribution in [0.15, 0.2) is 6.20 Å². The molecule has 0 unspecified atom stereocenters. The smallest absolute Gasteiger partial charge is 0.311 e. The molecule has 3 fully saturated rings. The van der Waals surface area contributed by atoms with Gasteiger partial charge in [-0.2, -0.15) is 0 Å². The molecule has 18 heteroatoms. The maximum atomic E-state index is 14.4. The molecule has 1 aromatic rings. The summed E-state index contributed by atoms with van der Waals surface area (Å²) < 4.78 is 39.7. The van der Waals surface area contributed by atoms with Crippen LogP contribution in [0.4, 0.5) is 0 Å². The van der Waals surface area contributed by atoms with E-state index in [-0.39, 0.29) is 37.3 Å². The van der Waals surface area contributed by atoms with E-state index in [1.54, 1.807) is 46.1 Å². The van der Waals surface area contributed by atoms with Gasteiger partial charge in [0.25, 0.3) is 7.98 Å². The van der Waals surface area contributed by atoms with Gasteiger partial charge in [0.05, 0.1) is 47.2 Å². The van der Waals surface area contributed by atoms with Crippen molar-refractivity contribution in [3.8, 4) is 0 Å². The van der Waals surface area contributed by atoms with E-state index >= 15 is 0 Å². The van der Waals surface area contributed by atoms with Crippen LogP contribution in [-0.2, 0) is 39.6 Å². The number of carbonyl (C=O) groups is 1. The Morgan fingerprint density at radius 3 is 2.27 bits per heavy atom. The number of hydrogen-bond donors (Lipinski definition) is 5. The SMILES string of the molecule is Bn1cc(CCN(C)[C@H]2C[C@@H](C)O[C@@H](O[C@@H]3[C@H](C)[C@@H](O[C@H]4C[C@@](C)(OC)[C@@H](O)[C@H](C)O4)[C@@H](C)C(=O)O[C@H](CC)[C@@](C)(O)[C@H](O)[C@@H](C)N(C)C[C@H](C)C[C@@]3(C)O)[C@@H]2O)nn1. The number of nitrogens with zero attached hydrogens (tertiary/aromatic N) is 5. The normalized spacial score (nSPS) is 45.1. The summed E-state index contributed by atoms with van der Waals surface area (Å²) in [4.78, 5) is 18.3. The molecule has 17 nitrogen and oxygen atoms in total. The van der Waals surface area contributed by atoms with Crippen molar-refractivity contribution in [3.05, 3.63) is 11.9 Å². The van der Waals surface area contributed by atoms with E-state index in [0.29, 0.717) is 25.9 Å². The summed E-state index contributed by atoms with van der Waals surface area (Å²) >= 11 is 0. The standard InChI is InChI=1S/C41H76BN5O12/c1-14-30-41(10,53)34(49)26(6)46(12)20-22(2)18-39(8,52)36(59-38-32(48)29(17-23(3)55-38)45(11)16-15-28-21-47(42)44-43-28)24(4)33(25(5)37(51)57-30)58-31-19-40(9,54-13)35(50)27(7)56-31/h21-27,29-36,38,48-50,52-53H,14-20,42H2,1-13H3/t22-,23-,24-,25-,26-,27+,29+,30-,31+,32-,33-,34-,35+,36-,38+,39-,40-,41-/m1/s1. The Bertz CT molecular complexity index is 1490. The molecule has 59 heavy (non-hydrogen) atoms. The third kappa shape index (κ3) is 11.6. The zero-order chi connectivity index (χ0) is 44.4. The van der Waals surface area contributed by atoms with Crippen LogP contribution in [0.25, 0.3) is 0 Å². The maximum Gasteiger partial charge on any atom is 0.311 e. The van der Waals surface area contributed by atoms with E-state index in [1.807, 2.05) is 53.9 Å². The highest BCUT2D eigenvalue weighted by atomic mass is 16.7.